The average Bonchev–Trinajstić information content (AvgIpc) is 2.74. The standard InChI is InChI=1S/C13H21F3N2O2/c1-9-6-18(8-11(2,3)20-9)10(19)12(13(14,15)16)4-5-17-7-12/h9,17H,4-8H2,1-3H3. The van der Waals surface area contributed by atoms with Gasteiger partial charge in [0, 0.05) is 19.6 Å². The van der Waals surface area contributed by atoms with Crippen LogP contribution in [0.4, 0.5) is 13.2 Å². The van der Waals surface area contributed by atoms with Crippen LogP contribution in [0.3, 0.4) is 0 Å². The molecule has 0 bridgehead atoms. The van der Waals surface area contributed by atoms with E-state index in [-0.39, 0.29) is 38.7 Å². The Balaban J connectivity index is 2.25. The van der Waals surface area contributed by atoms with Gasteiger partial charge in [-0.2, -0.15) is 13.2 Å². The number of carbonyl (C=O) groups excluding carboxylic acids is 1. The molecule has 2 saturated heterocycles. The van der Waals surface area contributed by atoms with Crippen LogP contribution in [0.5, 0.6) is 0 Å². The monoisotopic (exact) mass is 294 g/mol. The van der Waals surface area contributed by atoms with E-state index in [4.69, 9.17) is 4.74 Å². The zero-order chi connectivity index (χ0) is 15.2. The van der Waals surface area contributed by atoms with Crippen molar-refractivity contribution in [1.29, 1.82) is 0 Å². The molecule has 0 aromatic heterocycles. The summed E-state index contributed by atoms with van der Waals surface area (Å²) in [5, 5.41) is 2.67. The van der Waals surface area contributed by atoms with Gasteiger partial charge < -0.3 is 15.0 Å². The number of ether oxygens (including phenoxy) is 1. The Hall–Kier alpha value is -0.820. The first-order chi connectivity index (χ1) is 9.07. The van der Waals surface area contributed by atoms with Crippen LogP contribution in [0.15, 0.2) is 0 Å². The van der Waals surface area contributed by atoms with Crippen LogP contribution in [0.2, 0.25) is 0 Å². The van der Waals surface area contributed by atoms with Crippen molar-refractivity contribution < 1.29 is 22.7 Å². The molecule has 2 rings (SSSR count). The summed E-state index contributed by atoms with van der Waals surface area (Å²) < 4.78 is 45.8. The average molecular weight is 294 g/mol. The molecule has 2 atom stereocenters. The van der Waals surface area contributed by atoms with Crippen LogP contribution >= 0.6 is 0 Å². The van der Waals surface area contributed by atoms with Crippen molar-refractivity contribution >= 4 is 5.91 Å². The molecule has 0 aromatic carbocycles. The van der Waals surface area contributed by atoms with E-state index in [1.165, 1.54) is 4.90 Å². The first kappa shape index (κ1) is 15.6. The lowest BCUT2D eigenvalue weighted by atomic mass is 9.84. The number of halogens is 3. The largest absolute Gasteiger partial charge is 0.404 e. The molecule has 2 unspecified atom stereocenters. The summed E-state index contributed by atoms with van der Waals surface area (Å²) in [5.41, 5.74) is -2.90. The lowest BCUT2D eigenvalue weighted by Gasteiger charge is -2.45. The molecular weight excluding hydrogens is 273 g/mol. The topological polar surface area (TPSA) is 41.6 Å². The molecule has 2 heterocycles. The zero-order valence-electron chi connectivity index (χ0n) is 12.0. The molecule has 0 aliphatic carbocycles. The quantitative estimate of drug-likeness (QED) is 0.798. The third-order valence-electron chi connectivity index (χ3n) is 3.96. The Morgan fingerprint density at radius 2 is 2.05 bits per heavy atom. The molecule has 20 heavy (non-hydrogen) atoms. The van der Waals surface area contributed by atoms with Gasteiger partial charge in [-0.1, -0.05) is 0 Å². The summed E-state index contributed by atoms with van der Waals surface area (Å²) in [6.45, 7) is 5.63. The van der Waals surface area contributed by atoms with Gasteiger partial charge in [-0.15, -0.1) is 0 Å². The highest BCUT2D eigenvalue weighted by Gasteiger charge is 2.63. The van der Waals surface area contributed by atoms with Gasteiger partial charge in [0.15, 0.2) is 5.41 Å². The highest BCUT2D eigenvalue weighted by atomic mass is 19.4. The van der Waals surface area contributed by atoms with E-state index in [1.54, 1.807) is 20.8 Å². The summed E-state index contributed by atoms with van der Waals surface area (Å²) >= 11 is 0. The SMILES string of the molecule is CC1CN(C(=O)C2(C(F)(F)F)CCNC2)CC(C)(C)O1. The highest BCUT2D eigenvalue weighted by molar-refractivity contribution is 5.84. The van der Waals surface area contributed by atoms with Crippen LogP contribution in [0, 0.1) is 5.41 Å². The van der Waals surface area contributed by atoms with Crippen molar-refractivity contribution in [3.63, 3.8) is 0 Å². The Labute approximate surface area is 116 Å². The van der Waals surface area contributed by atoms with Gasteiger partial charge in [0.25, 0.3) is 0 Å². The molecule has 0 aromatic rings. The van der Waals surface area contributed by atoms with Crippen LogP contribution < -0.4 is 5.32 Å². The molecule has 2 aliphatic rings. The Morgan fingerprint density at radius 1 is 1.40 bits per heavy atom. The van der Waals surface area contributed by atoms with Crippen molar-refractivity contribution in [2.75, 3.05) is 26.2 Å². The molecule has 7 heteroatoms. The lowest BCUT2D eigenvalue weighted by Crippen LogP contribution is -2.60. The third-order valence-corrected chi connectivity index (χ3v) is 3.96. The number of morpholine rings is 1. The van der Waals surface area contributed by atoms with E-state index in [0.717, 1.165) is 0 Å². The van der Waals surface area contributed by atoms with Crippen LogP contribution in [0.1, 0.15) is 27.2 Å². The van der Waals surface area contributed by atoms with Gasteiger partial charge in [-0.3, -0.25) is 4.79 Å². The zero-order valence-corrected chi connectivity index (χ0v) is 12.0. The molecule has 116 valence electrons. The number of nitrogens with zero attached hydrogens (tertiary/aromatic N) is 1. The van der Waals surface area contributed by atoms with Gasteiger partial charge in [-0.05, 0) is 33.7 Å². The predicted molar refractivity (Wildman–Crippen MR) is 67.2 cm³/mol. The molecule has 1 N–H and O–H groups in total. The van der Waals surface area contributed by atoms with Crippen molar-refractivity contribution in [2.24, 2.45) is 5.41 Å². The maximum Gasteiger partial charge on any atom is 0.404 e. The van der Waals surface area contributed by atoms with E-state index in [0.29, 0.717) is 0 Å². The number of alkyl halides is 3. The lowest BCUT2D eigenvalue weighted by molar-refractivity contribution is -0.228. The second-order valence-electron chi connectivity index (χ2n) is 6.38. The number of amides is 1. The molecule has 1 amide bonds. The normalized spacial score (nSPS) is 34.3. The Morgan fingerprint density at radius 3 is 2.50 bits per heavy atom. The number of hydrogen-bond acceptors (Lipinski definition) is 3. The summed E-state index contributed by atoms with van der Waals surface area (Å²) in [6.07, 6.45) is -4.98. The fraction of sp³-hybridized carbons (Fsp3) is 0.923. The van der Waals surface area contributed by atoms with Gasteiger partial charge in [0.2, 0.25) is 5.91 Å². The molecule has 0 spiro atoms. The van der Waals surface area contributed by atoms with Crippen LogP contribution in [0.25, 0.3) is 0 Å². The maximum atomic E-state index is 13.4. The minimum Gasteiger partial charge on any atom is -0.369 e. The van der Waals surface area contributed by atoms with E-state index in [2.05, 4.69) is 5.32 Å². The van der Waals surface area contributed by atoms with Crippen LogP contribution in [-0.4, -0.2) is 54.9 Å². The van der Waals surface area contributed by atoms with Crippen molar-refractivity contribution in [3.05, 3.63) is 0 Å². The van der Waals surface area contributed by atoms with Gasteiger partial charge in [-0.25, -0.2) is 0 Å². The fourth-order valence-electron chi connectivity index (χ4n) is 3.15. The van der Waals surface area contributed by atoms with E-state index in [1.807, 2.05) is 0 Å². The predicted octanol–water partition coefficient (Wildman–Crippen LogP) is 1.55. The van der Waals surface area contributed by atoms with Crippen molar-refractivity contribution in [3.8, 4) is 0 Å². The minimum absolute atomic E-state index is 0.188. The molecule has 4 nitrogen and oxygen atoms in total. The third kappa shape index (κ3) is 2.65. The fourth-order valence-corrected chi connectivity index (χ4v) is 3.15. The van der Waals surface area contributed by atoms with Gasteiger partial charge >= 0.3 is 6.18 Å². The summed E-state index contributed by atoms with van der Waals surface area (Å²) in [4.78, 5) is 13.8. The molecular formula is C13H21F3N2O2. The molecule has 0 radical (unpaired) electrons. The van der Waals surface area contributed by atoms with Crippen molar-refractivity contribution in [2.45, 2.75) is 45.1 Å². The molecule has 0 saturated carbocycles. The summed E-state index contributed by atoms with van der Waals surface area (Å²) in [7, 11) is 0. The molecule has 2 aliphatic heterocycles. The number of nitrogens with one attached hydrogen (secondary N) is 1. The van der Waals surface area contributed by atoms with E-state index in [9.17, 15) is 18.0 Å². The number of carbonyl (C=O) groups is 1. The van der Waals surface area contributed by atoms with E-state index < -0.39 is 23.1 Å². The summed E-state index contributed by atoms with van der Waals surface area (Å²) in [6, 6.07) is 0. The van der Waals surface area contributed by atoms with Gasteiger partial charge in [0.1, 0.15) is 0 Å². The second-order valence-corrected chi connectivity index (χ2v) is 6.38. The van der Waals surface area contributed by atoms with E-state index >= 15 is 0 Å². The smallest absolute Gasteiger partial charge is 0.369 e. The molecule has 2 fully saturated rings. The highest BCUT2D eigenvalue weighted by Crippen LogP contribution is 2.45. The Kier molecular flexibility index (Phi) is 3.79. The Bertz CT molecular complexity index is 390. The second kappa shape index (κ2) is 4.87. The maximum absolute atomic E-state index is 13.4. The first-order valence-electron chi connectivity index (χ1n) is 6.82. The number of rotatable bonds is 1. The first-order valence-corrected chi connectivity index (χ1v) is 6.82. The number of hydrogen-bond donors (Lipinski definition) is 1. The van der Waals surface area contributed by atoms with Crippen LogP contribution in [-0.2, 0) is 9.53 Å². The van der Waals surface area contributed by atoms with Crippen molar-refractivity contribution in [1.82, 2.24) is 10.2 Å². The minimum atomic E-state index is -4.53. The van der Waals surface area contributed by atoms with Gasteiger partial charge in [0.05, 0.1) is 11.7 Å². The summed E-state index contributed by atoms with van der Waals surface area (Å²) in [5.74, 6) is -0.821.